The van der Waals surface area contributed by atoms with Gasteiger partial charge in [-0.2, -0.15) is 0 Å². The molecule has 28 heavy (non-hydrogen) atoms. The molecule has 7 nitrogen and oxygen atoms in total. The molecule has 0 amide bonds. The number of nitrogens with zero attached hydrogens (tertiary/aromatic N) is 2. The van der Waals surface area contributed by atoms with Gasteiger partial charge in [-0.1, -0.05) is 12.1 Å². The van der Waals surface area contributed by atoms with Crippen molar-refractivity contribution >= 4 is 5.96 Å². The molecule has 0 aliphatic rings. The maximum absolute atomic E-state index is 5.76. The number of aliphatic imine (C=N–C) groups is 1. The van der Waals surface area contributed by atoms with Crippen LogP contribution in [-0.4, -0.2) is 24.6 Å². The summed E-state index contributed by atoms with van der Waals surface area (Å²) in [5, 5.41) is 6.45. The quantitative estimate of drug-likeness (QED) is 0.458. The summed E-state index contributed by atoms with van der Waals surface area (Å²) >= 11 is 0. The lowest BCUT2D eigenvalue weighted by atomic mass is 10.3. The van der Waals surface area contributed by atoms with E-state index in [1.54, 1.807) is 19.6 Å². The zero-order valence-electron chi connectivity index (χ0n) is 16.0. The molecule has 7 heteroatoms. The number of rotatable bonds is 8. The van der Waals surface area contributed by atoms with Crippen molar-refractivity contribution in [2.24, 2.45) is 4.99 Å². The predicted molar refractivity (Wildman–Crippen MR) is 108 cm³/mol. The second-order valence-corrected chi connectivity index (χ2v) is 5.91. The highest BCUT2D eigenvalue weighted by Crippen LogP contribution is 2.23. The van der Waals surface area contributed by atoms with Gasteiger partial charge in [-0.25, -0.2) is 9.98 Å². The molecule has 0 aliphatic carbocycles. The third-order valence-corrected chi connectivity index (χ3v) is 3.84. The van der Waals surface area contributed by atoms with Crippen LogP contribution in [0, 0.1) is 0 Å². The van der Waals surface area contributed by atoms with Gasteiger partial charge < -0.3 is 24.5 Å². The number of hydrogen-bond donors (Lipinski definition) is 2. The maximum atomic E-state index is 5.76. The molecule has 0 bridgehead atoms. The van der Waals surface area contributed by atoms with E-state index in [0.717, 1.165) is 29.6 Å². The molecule has 3 rings (SSSR count). The number of aromatic nitrogens is 1. The Morgan fingerprint density at radius 2 is 2.00 bits per heavy atom. The first kappa shape index (κ1) is 19.3. The fraction of sp³-hybridized carbons (Fsp3) is 0.238. The number of ether oxygens (including phenoxy) is 2. The lowest BCUT2D eigenvalue weighted by Crippen LogP contribution is -2.36. The van der Waals surface area contributed by atoms with Crippen LogP contribution in [0.5, 0.6) is 17.4 Å². The molecule has 0 aliphatic heterocycles. The van der Waals surface area contributed by atoms with Crippen LogP contribution in [0.15, 0.2) is 70.4 Å². The molecule has 0 radical (unpaired) electrons. The summed E-state index contributed by atoms with van der Waals surface area (Å²) in [6.07, 6.45) is 3.41. The average molecular weight is 380 g/mol. The van der Waals surface area contributed by atoms with Gasteiger partial charge in [-0.15, -0.1) is 0 Å². The zero-order valence-corrected chi connectivity index (χ0v) is 16.0. The molecule has 2 heterocycles. The monoisotopic (exact) mass is 380 g/mol. The molecule has 0 atom stereocenters. The van der Waals surface area contributed by atoms with E-state index >= 15 is 0 Å². The highest BCUT2D eigenvalue weighted by Gasteiger charge is 2.03. The standard InChI is InChI=1S/C21H24N4O3/c1-3-22-21(25-15-19-8-5-11-27-19)24-14-16-9-10-20(23-13-16)28-18-7-4-6-17(12-18)26-2/h4-13H,3,14-15H2,1-2H3,(H2,22,24,25). The molecule has 0 saturated heterocycles. The number of benzene rings is 1. The van der Waals surface area contributed by atoms with Gasteiger partial charge in [0.25, 0.3) is 0 Å². The molecule has 1 aromatic carbocycles. The fourth-order valence-electron chi connectivity index (χ4n) is 2.45. The van der Waals surface area contributed by atoms with Gasteiger partial charge in [0.15, 0.2) is 5.96 Å². The van der Waals surface area contributed by atoms with Crippen LogP contribution < -0.4 is 20.1 Å². The summed E-state index contributed by atoms with van der Waals surface area (Å²) in [5.41, 5.74) is 0.980. The summed E-state index contributed by atoms with van der Waals surface area (Å²) in [4.78, 5) is 8.93. The fourth-order valence-corrected chi connectivity index (χ4v) is 2.45. The number of pyridine rings is 1. The van der Waals surface area contributed by atoms with Gasteiger partial charge in [0, 0.05) is 24.9 Å². The summed E-state index contributed by atoms with van der Waals surface area (Å²) in [6, 6.07) is 15.0. The van der Waals surface area contributed by atoms with Gasteiger partial charge >= 0.3 is 0 Å². The minimum Gasteiger partial charge on any atom is -0.497 e. The van der Waals surface area contributed by atoms with Crippen molar-refractivity contribution < 1.29 is 13.9 Å². The molecular formula is C21H24N4O3. The number of methoxy groups -OCH3 is 1. The number of furan rings is 1. The summed E-state index contributed by atoms with van der Waals surface area (Å²) in [6.45, 7) is 3.87. The highest BCUT2D eigenvalue weighted by molar-refractivity contribution is 5.79. The molecule has 146 valence electrons. The Hall–Kier alpha value is -3.48. The largest absolute Gasteiger partial charge is 0.497 e. The summed E-state index contributed by atoms with van der Waals surface area (Å²) < 4.78 is 16.3. The first-order valence-electron chi connectivity index (χ1n) is 9.08. The molecule has 2 N–H and O–H groups in total. The SMILES string of the molecule is CCNC(=NCc1ccc(Oc2cccc(OC)c2)nc1)NCc1ccco1. The van der Waals surface area contributed by atoms with Gasteiger partial charge in [-0.3, -0.25) is 0 Å². The van der Waals surface area contributed by atoms with Crippen LogP contribution in [0.4, 0.5) is 0 Å². The first-order valence-corrected chi connectivity index (χ1v) is 9.08. The summed E-state index contributed by atoms with van der Waals surface area (Å²) in [5.74, 6) is 3.50. The first-order chi connectivity index (χ1) is 13.8. The third-order valence-electron chi connectivity index (χ3n) is 3.84. The third kappa shape index (κ3) is 5.77. The Morgan fingerprint density at radius 3 is 2.71 bits per heavy atom. The molecular weight excluding hydrogens is 356 g/mol. The molecule has 0 fully saturated rings. The molecule has 0 spiro atoms. The van der Waals surface area contributed by atoms with E-state index in [1.807, 2.05) is 55.5 Å². The van der Waals surface area contributed by atoms with Crippen molar-refractivity contribution in [1.29, 1.82) is 0 Å². The number of guanidine groups is 1. The average Bonchev–Trinajstić information content (AvgIpc) is 3.25. The smallest absolute Gasteiger partial charge is 0.219 e. The lowest BCUT2D eigenvalue weighted by molar-refractivity contribution is 0.407. The van der Waals surface area contributed by atoms with Crippen molar-refractivity contribution in [3.8, 4) is 17.4 Å². The van der Waals surface area contributed by atoms with Crippen molar-refractivity contribution in [3.63, 3.8) is 0 Å². The Morgan fingerprint density at radius 1 is 1.11 bits per heavy atom. The maximum Gasteiger partial charge on any atom is 0.219 e. The topological polar surface area (TPSA) is 80.9 Å². The summed E-state index contributed by atoms with van der Waals surface area (Å²) in [7, 11) is 1.62. The Kier molecular flexibility index (Phi) is 6.89. The van der Waals surface area contributed by atoms with E-state index in [-0.39, 0.29) is 0 Å². The van der Waals surface area contributed by atoms with Crippen LogP contribution in [0.2, 0.25) is 0 Å². The van der Waals surface area contributed by atoms with Gasteiger partial charge in [0.1, 0.15) is 17.3 Å². The minimum absolute atomic E-state index is 0.500. The van der Waals surface area contributed by atoms with Crippen LogP contribution in [-0.2, 0) is 13.1 Å². The van der Waals surface area contributed by atoms with Crippen molar-refractivity contribution in [2.75, 3.05) is 13.7 Å². The van der Waals surface area contributed by atoms with Crippen LogP contribution in [0.3, 0.4) is 0 Å². The number of hydrogen-bond acceptors (Lipinski definition) is 5. The Labute approximate surface area is 164 Å². The minimum atomic E-state index is 0.500. The highest BCUT2D eigenvalue weighted by atomic mass is 16.5. The Balaban J connectivity index is 1.57. The predicted octanol–water partition coefficient (Wildman–Crippen LogP) is 3.73. The molecule has 2 aromatic heterocycles. The van der Waals surface area contributed by atoms with Gasteiger partial charge in [-0.05, 0) is 36.8 Å². The van der Waals surface area contributed by atoms with E-state index in [2.05, 4.69) is 20.6 Å². The van der Waals surface area contributed by atoms with E-state index in [9.17, 15) is 0 Å². The van der Waals surface area contributed by atoms with Gasteiger partial charge in [0.2, 0.25) is 5.88 Å². The normalized spacial score (nSPS) is 11.1. The van der Waals surface area contributed by atoms with Crippen LogP contribution in [0.1, 0.15) is 18.2 Å². The Bertz CT molecular complexity index is 877. The van der Waals surface area contributed by atoms with Crippen molar-refractivity contribution in [2.45, 2.75) is 20.0 Å². The second-order valence-electron chi connectivity index (χ2n) is 5.91. The van der Waals surface area contributed by atoms with Crippen molar-refractivity contribution in [1.82, 2.24) is 15.6 Å². The molecule has 0 unspecified atom stereocenters. The molecule has 0 saturated carbocycles. The van der Waals surface area contributed by atoms with E-state index in [0.29, 0.717) is 24.7 Å². The van der Waals surface area contributed by atoms with E-state index in [4.69, 9.17) is 13.9 Å². The van der Waals surface area contributed by atoms with Gasteiger partial charge in [0.05, 0.1) is 26.5 Å². The van der Waals surface area contributed by atoms with Crippen molar-refractivity contribution in [3.05, 3.63) is 72.3 Å². The zero-order chi connectivity index (χ0) is 19.6. The molecule has 3 aromatic rings. The van der Waals surface area contributed by atoms with Crippen LogP contribution in [0.25, 0.3) is 0 Å². The number of nitrogens with one attached hydrogen (secondary N) is 2. The second kappa shape index (κ2) is 10.0. The van der Waals surface area contributed by atoms with E-state index < -0.39 is 0 Å². The van der Waals surface area contributed by atoms with E-state index in [1.165, 1.54) is 0 Å². The lowest BCUT2D eigenvalue weighted by Gasteiger charge is -2.10. The van der Waals surface area contributed by atoms with Crippen LogP contribution >= 0.6 is 0 Å².